The number of carbonyl (C=O) groups is 2. The highest BCUT2D eigenvalue weighted by molar-refractivity contribution is 5.79. The van der Waals surface area contributed by atoms with Crippen molar-refractivity contribution < 1.29 is 14.4 Å². The van der Waals surface area contributed by atoms with E-state index >= 15 is 0 Å². The van der Waals surface area contributed by atoms with Gasteiger partial charge in [0.25, 0.3) is 0 Å². The lowest BCUT2D eigenvalue weighted by molar-refractivity contribution is -0.182. The van der Waals surface area contributed by atoms with Gasteiger partial charge >= 0.3 is 0 Å². The van der Waals surface area contributed by atoms with Crippen LogP contribution in [0.15, 0.2) is 0 Å². The number of carbonyl (C=O) groups excluding carboxylic acids is 2. The summed E-state index contributed by atoms with van der Waals surface area (Å²) in [7, 11) is 1.66. The molecule has 0 aromatic carbocycles. The van der Waals surface area contributed by atoms with Crippen molar-refractivity contribution in [3.05, 3.63) is 0 Å². The van der Waals surface area contributed by atoms with Gasteiger partial charge < -0.3 is 4.90 Å². The minimum absolute atomic E-state index is 0. The zero-order chi connectivity index (χ0) is 15.3. The summed E-state index contributed by atoms with van der Waals surface area (Å²) in [5.41, 5.74) is 0.0128. The lowest BCUT2D eigenvalue weighted by atomic mass is 9.90. The monoisotopic (exact) mass is 300 g/mol. The van der Waals surface area contributed by atoms with Crippen LogP contribution < -0.4 is 0 Å². The van der Waals surface area contributed by atoms with Gasteiger partial charge in [0.05, 0.1) is 6.61 Å². The average molecular weight is 300 g/mol. The fraction of sp³-hybridized carbons (Fsp3) is 0.875. The van der Waals surface area contributed by atoms with Crippen LogP contribution in [-0.2, 0) is 14.4 Å². The summed E-state index contributed by atoms with van der Waals surface area (Å²) in [6, 6.07) is 0. The Kier molecular flexibility index (Phi) is 7.93. The fourth-order valence-electron chi connectivity index (χ4n) is 2.46. The molecule has 124 valence electrons. The number of amides is 2. The Bertz CT molecular complexity index is 342. The summed E-state index contributed by atoms with van der Waals surface area (Å²) in [6.07, 6.45) is 2.02. The van der Waals surface area contributed by atoms with Crippen molar-refractivity contribution in [3.63, 3.8) is 0 Å². The lowest BCUT2D eigenvalue weighted by Gasteiger charge is -2.34. The van der Waals surface area contributed by atoms with Gasteiger partial charge in [-0.3, -0.25) is 14.4 Å². The molecule has 0 aromatic heterocycles. The molecule has 1 heterocycles. The Morgan fingerprint density at radius 1 is 1.24 bits per heavy atom. The molecule has 0 bridgehead atoms. The molecular formula is C16H32N2O3. The maximum atomic E-state index is 12.1. The molecule has 0 aromatic rings. The van der Waals surface area contributed by atoms with E-state index in [1.807, 2.05) is 11.8 Å². The molecule has 0 atom stereocenters. The SMILES string of the molecule is C.CCON(C)C(=O)C1CCN(C(=O)CC(C)(C)C)CC1. The maximum absolute atomic E-state index is 12.1. The predicted octanol–water partition coefficient (Wildman–Crippen LogP) is 2.71. The van der Waals surface area contributed by atoms with Gasteiger partial charge in [0, 0.05) is 32.5 Å². The van der Waals surface area contributed by atoms with Crippen LogP contribution >= 0.6 is 0 Å². The molecule has 2 amide bonds. The molecule has 0 unspecified atom stereocenters. The highest BCUT2D eigenvalue weighted by Crippen LogP contribution is 2.24. The summed E-state index contributed by atoms with van der Waals surface area (Å²) in [6.45, 7) is 9.90. The molecule has 1 fully saturated rings. The normalized spacial score (nSPS) is 16.3. The molecule has 1 aliphatic rings. The zero-order valence-corrected chi connectivity index (χ0v) is 13.4. The molecule has 1 aliphatic heterocycles. The fourth-order valence-corrected chi connectivity index (χ4v) is 2.46. The topological polar surface area (TPSA) is 49.9 Å². The van der Waals surface area contributed by atoms with Crippen LogP contribution in [0, 0.1) is 11.3 Å². The first kappa shape index (κ1) is 19.9. The van der Waals surface area contributed by atoms with E-state index in [0.717, 1.165) is 12.8 Å². The van der Waals surface area contributed by atoms with Gasteiger partial charge in [0.1, 0.15) is 0 Å². The quantitative estimate of drug-likeness (QED) is 0.750. The van der Waals surface area contributed by atoms with E-state index in [9.17, 15) is 9.59 Å². The van der Waals surface area contributed by atoms with Crippen LogP contribution in [0.4, 0.5) is 0 Å². The van der Waals surface area contributed by atoms with Crippen LogP contribution in [-0.4, -0.2) is 48.5 Å². The van der Waals surface area contributed by atoms with E-state index in [2.05, 4.69) is 20.8 Å². The zero-order valence-electron chi connectivity index (χ0n) is 13.4. The van der Waals surface area contributed by atoms with Crippen molar-refractivity contribution in [2.24, 2.45) is 11.3 Å². The summed E-state index contributed by atoms with van der Waals surface area (Å²) >= 11 is 0. The Morgan fingerprint density at radius 3 is 2.19 bits per heavy atom. The molecule has 0 aliphatic carbocycles. The van der Waals surface area contributed by atoms with E-state index in [1.54, 1.807) is 7.05 Å². The Morgan fingerprint density at radius 2 is 1.76 bits per heavy atom. The third-order valence-electron chi connectivity index (χ3n) is 3.51. The second-order valence-electron chi connectivity index (χ2n) is 6.65. The second-order valence-corrected chi connectivity index (χ2v) is 6.65. The third kappa shape index (κ3) is 6.46. The van der Waals surface area contributed by atoms with Gasteiger partial charge in [-0.2, -0.15) is 0 Å². The highest BCUT2D eigenvalue weighted by atomic mass is 16.7. The van der Waals surface area contributed by atoms with Gasteiger partial charge in [-0.25, -0.2) is 5.06 Å². The Hall–Kier alpha value is -1.10. The summed E-state index contributed by atoms with van der Waals surface area (Å²) in [5.74, 6) is 0.196. The predicted molar refractivity (Wildman–Crippen MR) is 84.5 cm³/mol. The van der Waals surface area contributed by atoms with Crippen LogP contribution in [0.25, 0.3) is 0 Å². The van der Waals surface area contributed by atoms with Crippen molar-refractivity contribution in [1.29, 1.82) is 0 Å². The Balaban J connectivity index is 0.00000400. The summed E-state index contributed by atoms with van der Waals surface area (Å²) in [4.78, 5) is 31.3. The number of likely N-dealkylation sites (tertiary alicyclic amines) is 1. The highest BCUT2D eigenvalue weighted by Gasteiger charge is 2.30. The minimum Gasteiger partial charge on any atom is -0.343 e. The first-order valence-electron chi connectivity index (χ1n) is 7.43. The van der Waals surface area contributed by atoms with E-state index in [1.165, 1.54) is 5.06 Å². The summed E-state index contributed by atoms with van der Waals surface area (Å²) < 4.78 is 0. The van der Waals surface area contributed by atoms with Gasteiger partial charge in [-0.15, -0.1) is 0 Å². The lowest BCUT2D eigenvalue weighted by Crippen LogP contribution is -2.44. The molecule has 0 N–H and O–H groups in total. The molecule has 0 saturated carbocycles. The first-order valence-corrected chi connectivity index (χ1v) is 7.43. The van der Waals surface area contributed by atoms with E-state index in [0.29, 0.717) is 26.1 Å². The summed E-state index contributed by atoms with van der Waals surface area (Å²) in [5, 5.41) is 1.33. The van der Waals surface area contributed by atoms with Crippen LogP contribution in [0.2, 0.25) is 0 Å². The molecule has 1 saturated heterocycles. The average Bonchev–Trinajstić information content (AvgIpc) is 2.36. The molecule has 21 heavy (non-hydrogen) atoms. The van der Waals surface area contributed by atoms with Crippen molar-refractivity contribution in [2.45, 2.75) is 54.4 Å². The molecule has 5 nitrogen and oxygen atoms in total. The molecule has 1 rings (SSSR count). The first-order chi connectivity index (χ1) is 9.24. The standard InChI is InChI=1S/C15H28N2O3.CH4/c1-6-20-16(5)14(19)12-7-9-17(10-8-12)13(18)11-15(2,3)4;/h12H,6-11H2,1-5H3;1H4. The van der Waals surface area contributed by atoms with Crippen LogP contribution in [0.5, 0.6) is 0 Å². The second kappa shape index (κ2) is 8.37. The van der Waals surface area contributed by atoms with E-state index in [4.69, 9.17) is 4.84 Å². The number of rotatable bonds is 4. The Labute approximate surface area is 129 Å². The minimum atomic E-state index is -0.0229. The van der Waals surface area contributed by atoms with Gasteiger partial charge in [-0.05, 0) is 25.2 Å². The largest absolute Gasteiger partial charge is 0.343 e. The third-order valence-corrected chi connectivity index (χ3v) is 3.51. The maximum Gasteiger partial charge on any atom is 0.249 e. The van der Waals surface area contributed by atoms with E-state index in [-0.39, 0.29) is 30.6 Å². The van der Waals surface area contributed by atoms with E-state index < -0.39 is 0 Å². The number of piperidine rings is 1. The number of hydrogen-bond acceptors (Lipinski definition) is 3. The van der Waals surface area contributed by atoms with Crippen molar-refractivity contribution in [2.75, 3.05) is 26.7 Å². The molecule has 0 spiro atoms. The smallest absolute Gasteiger partial charge is 0.249 e. The number of hydroxylamine groups is 2. The van der Waals surface area contributed by atoms with Crippen molar-refractivity contribution in [3.8, 4) is 0 Å². The van der Waals surface area contributed by atoms with Crippen molar-refractivity contribution in [1.82, 2.24) is 9.96 Å². The van der Waals surface area contributed by atoms with Gasteiger partial charge in [-0.1, -0.05) is 28.2 Å². The van der Waals surface area contributed by atoms with Gasteiger partial charge in [0.15, 0.2) is 0 Å². The van der Waals surface area contributed by atoms with Crippen LogP contribution in [0.1, 0.15) is 54.4 Å². The molecule has 0 radical (unpaired) electrons. The van der Waals surface area contributed by atoms with Gasteiger partial charge in [0.2, 0.25) is 11.8 Å². The number of nitrogens with zero attached hydrogens (tertiary/aromatic N) is 2. The number of hydrogen-bond donors (Lipinski definition) is 0. The van der Waals surface area contributed by atoms with Crippen molar-refractivity contribution >= 4 is 11.8 Å². The van der Waals surface area contributed by atoms with Crippen LogP contribution in [0.3, 0.4) is 0 Å². The molecule has 5 heteroatoms. The molecular weight excluding hydrogens is 268 g/mol.